The second-order valence-electron chi connectivity index (χ2n) is 6.02. The van der Waals surface area contributed by atoms with Crippen LogP contribution in [0.2, 0.25) is 0 Å². The average molecular weight is 276 g/mol. The minimum absolute atomic E-state index is 0.473. The van der Waals surface area contributed by atoms with Crippen molar-refractivity contribution in [3.05, 3.63) is 29.8 Å². The first-order chi connectivity index (χ1) is 9.67. The summed E-state index contributed by atoms with van der Waals surface area (Å²) in [4.78, 5) is 2.47. The van der Waals surface area contributed by atoms with Gasteiger partial charge in [0.1, 0.15) is 5.75 Å². The van der Waals surface area contributed by atoms with Crippen LogP contribution in [-0.4, -0.2) is 37.7 Å². The Bertz CT molecular complexity index is 417. The Hall–Kier alpha value is -1.06. The van der Waals surface area contributed by atoms with E-state index < -0.39 is 0 Å². The van der Waals surface area contributed by atoms with Gasteiger partial charge in [0.25, 0.3) is 0 Å². The monoisotopic (exact) mass is 276 g/mol. The van der Waals surface area contributed by atoms with Crippen LogP contribution in [-0.2, 0) is 6.42 Å². The van der Waals surface area contributed by atoms with Gasteiger partial charge in [0.2, 0.25) is 0 Å². The third kappa shape index (κ3) is 3.33. The molecule has 0 aromatic heterocycles. The van der Waals surface area contributed by atoms with E-state index in [1.165, 1.54) is 24.8 Å². The van der Waals surface area contributed by atoms with Crippen LogP contribution >= 0.6 is 0 Å². The van der Waals surface area contributed by atoms with Gasteiger partial charge in [-0.15, -0.1) is 0 Å². The largest absolute Gasteiger partial charge is 0.496 e. The number of hydrogen-bond donors (Lipinski definition) is 1. The lowest BCUT2D eigenvalue weighted by atomic mass is 9.78. The summed E-state index contributed by atoms with van der Waals surface area (Å²) in [6.07, 6.45) is 5.06. The lowest BCUT2D eigenvalue weighted by Gasteiger charge is -2.41. The average Bonchev–Trinajstić information content (AvgIpc) is 2.42. The molecule has 0 bridgehead atoms. The van der Waals surface area contributed by atoms with Crippen molar-refractivity contribution in [2.45, 2.75) is 44.7 Å². The molecule has 0 spiro atoms. The number of hydrogen-bond acceptors (Lipinski definition) is 3. The molecule has 112 valence electrons. The first kappa shape index (κ1) is 15.3. The van der Waals surface area contributed by atoms with Crippen LogP contribution in [0.1, 0.15) is 31.7 Å². The quantitative estimate of drug-likeness (QED) is 0.832. The Balaban J connectivity index is 2.00. The van der Waals surface area contributed by atoms with Crippen LogP contribution in [0, 0.1) is 5.92 Å². The Morgan fingerprint density at radius 1 is 1.35 bits per heavy atom. The molecule has 1 saturated carbocycles. The maximum atomic E-state index is 6.00. The maximum absolute atomic E-state index is 6.00. The second-order valence-corrected chi connectivity index (χ2v) is 6.02. The fourth-order valence-electron chi connectivity index (χ4n) is 3.18. The molecule has 0 heterocycles. The molecule has 2 rings (SSSR count). The molecule has 1 aliphatic rings. The summed E-state index contributed by atoms with van der Waals surface area (Å²) in [5, 5.41) is 0. The van der Waals surface area contributed by atoms with Gasteiger partial charge in [0.15, 0.2) is 0 Å². The van der Waals surface area contributed by atoms with Gasteiger partial charge in [-0.2, -0.15) is 0 Å². The number of likely N-dealkylation sites (N-methyl/N-ethyl adjacent to an activating group) is 1. The third-order valence-electron chi connectivity index (χ3n) is 4.86. The molecule has 3 heteroatoms. The number of ether oxygens (including phenoxy) is 1. The van der Waals surface area contributed by atoms with Gasteiger partial charge in [-0.05, 0) is 50.8 Å². The van der Waals surface area contributed by atoms with E-state index in [1.807, 2.05) is 12.1 Å². The highest BCUT2D eigenvalue weighted by Gasteiger charge is 2.31. The van der Waals surface area contributed by atoms with E-state index in [0.717, 1.165) is 24.6 Å². The highest BCUT2D eigenvalue weighted by Crippen LogP contribution is 2.32. The van der Waals surface area contributed by atoms with E-state index in [0.29, 0.717) is 12.1 Å². The number of nitrogens with two attached hydrogens (primary N) is 1. The van der Waals surface area contributed by atoms with Crippen molar-refractivity contribution >= 4 is 0 Å². The standard InChI is InChI=1S/C17H28N2O/c1-13(11-15-7-4-5-10-17(15)20-3)19(2)16(12-18)14-8-6-9-14/h4-5,7,10,13-14,16H,6,8-9,11-12,18H2,1-3H3. The molecule has 20 heavy (non-hydrogen) atoms. The number of benzene rings is 1. The van der Waals surface area contributed by atoms with Crippen LogP contribution in [0.5, 0.6) is 5.75 Å². The van der Waals surface area contributed by atoms with Gasteiger partial charge in [-0.1, -0.05) is 24.6 Å². The Morgan fingerprint density at radius 2 is 2.05 bits per heavy atom. The van der Waals surface area contributed by atoms with Crippen LogP contribution < -0.4 is 10.5 Å². The summed E-state index contributed by atoms with van der Waals surface area (Å²) >= 11 is 0. The summed E-state index contributed by atoms with van der Waals surface area (Å²) in [5.74, 6) is 1.78. The molecule has 1 aromatic rings. The lowest BCUT2D eigenvalue weighted by molar-refractivity contribution is 0.0929. The van der Waals surface area contributed by atoms with Crippen molar-refractivity contribution in [3.63, 3.8) is 0 Å². The number of nitrogens with zero attached hydrogens (tertiary/aromatic N) is 1. The zero-order valence-corrected chi connectivity index (χ0v) is 13.0. The summed E-state index contributed by atoms with van der Waals surface area (Å²) in [7, 11) is 3.96. The van der Waals surface area contributed by atoms with Crippen molar-refractivity contribution in [2.24, 2.45) is 11.7 Å². The fraction of sp³-hybridized carbons (Fsp3) is 0.647. The minimum atomic E-state index is 0.473. The molecule has 0 amide bonds. The number of methoxy groups -OCH3 is 1. The summed E-state index contributed by atoms with van der Waals surface area (Å²) < 4.78 is 5.45. The van der Waals surface area contributed by atoms with Gasteiger partial charge in [-0.3, -0.25) is 4.90 Å². The van der Waals surface area contributed by atoms with Gasteiger partial charge >= 0.3 is 0 Å². The van der Waals surface area contributed by atoms with Gasteiger partial charge in [0.05, 0.1) is 7.11 Å². The molecular weight excluding hydrogens is 248 g/mol. The van der Waals surface area contributed by atoms with Crippen LogP contribution in [0.15, 0.2) is 24.3 Å². The zero-order chi connectivity index (χ0) is 14.5. The number of rotatable bonds is 7. The highest BCUT2D eigenvalue weighted by atomic mass is 16.5. The van der Waals surface area contributed by atoms with E-state index in [4.69, 9.17) is 10.5 Å². The van der Waals surface area contributed by atoms with Crippen molar-refractivity contribution in [1.82, 2.24) is 4.90 Å². The van der Waals surface area contributed by atoms with E-state index in [1.54, 1.807) is 7.11 Å². The van der Waals surface area contributed by atoms with Gasteiger partial charge in [-0.25, -0.2) is 0 Å². The van der Waals surface area contributed by atoms with Crippen LogP contribution in [0.25, 0.3) is 0 Å². The first-order valence-corrected chi connectivity index (χ1v) is 7.71. The Morgan fingerprint density at radius 3 is 2.60 bits per heavy atom. The zero-order valence-electron chi connectivity index (χ0n) is 13.0. The normalized spacial score (nSPS) is 18.6. The second kappa shape index (κ2) is 7.09. The van der Waals surface area contributed by atoms with Crippen molar-refractivity contribution in [2.75, 3.05) is 20.7 Å². The molecule has 0 radical (unpaired) electrons. The molecule has 1 fully saturated rings. The van der Waals surface area contributed by atoms with Crippen LogP contribution in [0.3, 0.4) is 0 Å². The van der Waals surface area contributed by atoms with E-state index >= 15 is 0 Å². The SMILES string of the molecule is COc1ccccc1CC(C)N(C)C(CN)C1CCC1. The van der Waals surface area contributed by atoms with Crippen molar-refractivity contribution in [1.29, 1.82) is 0 Å². The Kier molecular flexibility index (Phi) is 5.44. The molecule has 2 N–H and O–H groups in total. The maximum Gasteiger partial charge on any atom is 0.122 e. The molecule has 0 saturated heterocycles. The molecule has 3 nitrogen and oxygen atoms in total. The molecule has 2 unspecified atom stereocenters. The Labute approximate surface area is 123 Å². The van der Waals surface area contributed by atoms with Crippen molar-refractivity contribution in [3.8, 4) is 5.75 Å². The highest BCUT2D eigenvalue weighted by molar-refractivity contribution is 5.33. The van der Waals surface area contributed by atoms with Crippen molar-refractivity contribution < 1.29 is 4.74 Å². The first-order valence-electron chi connectivity index (χ1n) is 7.71. The minimum Gasteiger partial charge on any atom is -0.496 e. The summed E-state index contributed by atoms with van der Waals surface area (Å²) in [6.45, 7) is 3.05. The van der Waals surface area contributed by atoms with Crippen LogP contribution in [0.4, 0.5) is 0 Å². The van der Waals surface area contributed by atoms with Gasteiger partial charge in [0, 0.05) is 18.6 Å². The summed E-state index contributed by atoms with van der Waals surface area (Å²) in [5.41, 5.74) is 7.28. The molecular formula is C17H28N2O. The molecule has 1 aromatic carbocycles. The lowest BCUT2D eigenvalue weighted by Crippen LogP contribution is -2.49. The molecule has 1 aliphatic carbocycles. The predicted molar refractivity (Wildman–Crippen MR) is 84.1 cm³/mol. The van der Waals surface area contributed by atoms with E-state index in [2.05, 4.69) is 31.0 Å². The predicted octanol–water partition coefficient (Wildman–Crippen LogP) is 2.69. The topological polar surface area (TPSA) is 38.5 Å². The van der Waals surface area contributed by atoms with Gasteiger partial charge < -0.3 is 10.5 Å². The van der Waals surface area contributed by atoms with E-state index in [9.17, 15) is 0 Å². The third-order valence-corrected chi connectivity index (χ3v) is 4.86. The number of para-hydroxylation sites is 1. The molecule has 2 atom stereocenters. The smallest absolute Gasteiger partial charge is 0.122 e. The van der Waals surface area contributed by atoms with E-state index in [-0.39, 0.29) is 0 Å². The summed E-state index contributed by atoms with van der Waals surface area (Å²) in [6, 6.07) is 9.29. The molecule has 0 aliphatic heterocycles. The fourth-order valence-corrected chi connectivity index (χ4v) is 3.18.